The number of sulfonamides is 1. The largest absolute Gasteiger partial charge is 0.452 e. The molecule has 0 aromatic heterocycles. The molecule has 144 valence electrons. The first-order chi connectivity index (χ1) is 12.7. The van der Waals surface area contributed by atoms with Crippen LogP contribution >= 0.6 is 27.5 Å². The minimum Gasteiger partial charge on any atom is -0.452 e. The first-order valence-corrected chi connectivity index (χ1v) is 10.4. The van der Waals surface area contributed by atoms with E-state index in [9.17, 15) is 18.0 Å². The number of ether oxygens (including phenoxy) is 1. The number of amides is 1. The summed E-state index contributed by atoms with van der Waals surface area (Å²) in [6.45, 7) is 1.40. The standard InChI is InChI=1S/C17H16BrClN2O5S/c1-2-20-27(24,25)13-6-3-11(4-7-13)17(23)26-10-16(22)21-15-8-5-12(18)9-14(15)19/h3-9,20H,2,10H2,1H3,(H,21,22). The molecule has 2 aromatic carbocycles. The highest BCUT2D eigenvalue weighted by Gasteiger charge is 2.15. The van der Waals surface area contributed by atoms with Crippen LogP contribution in [0.4, 0.5) is 5.69 Å². The Morgan fingerprint density at radius 2 is 1.81 bits per heavy atom. The molecule has 7 nitrogen and oxygen atoms in total. The van der Waals surface area contributed by atoms with Gasteiger partial charge in [0, 0.05) is 11.0 Å². The van der Waals surface area contributed by atoms with Crippen LogP contribution in [0.3, 0.4) is 0 Å². The second-order valence-corrected chi connectivity index (χ2v) is 8.36. The Morgan fingerprint density at radius 3 is 2.41 bits per heavy atom. The molecule has 0 aliphatic rings. The Morgan fingerprint density at radius 1 is 1.15 bits per heavy atom. The average Bonchev–Trinajstić information content (AvgIpc) is 2.62. The Kier molecular flexibility index (Phi) is 7.37. The van der Waals surface area contributed by atoms with Gasteiger partial charge in [-0.25, -0.2) is 17.9 Å². The van der Waals surface area contributed by atoms with Crippen molar-refractivity contribution in [3.05, 3.63) is 57.5 Å². The third-order valence-corrected chi connectivity index (χ3v) is 5.64. The summed E-state index contributed by atoms with van der Waals surface area (Å²) < 4.78 is 31.8. The molecule has 10 heteroatoms. The molecule has 0 fully saturated rings. The van der Waals surface area contributed by atoms with Gasteiger partial charge in [0.05, 0.1) is 21.2 Å². The van der Waals surface area contributed by atoms with E-state index < -0.39 is 28.5 Å². The summed E-state index contributed by atoms with van der Waals surface area (Å²) in [5.74, 6) is -1.31. The van der Waals surface area contributed by atoms with Crippen LogP contribution in [0.25, 0.3) is 0 Å². The predicted molar refractivity (Wildman–Crippen MR) is 105 cm³/mol. The van der Waals surface area contributed by atoms with Gasteiger partial charge in [-0.2, -0.15) is 0 Å². The highest BCUT2D eigenvalue weighted by Crippen LogP contribution is 2.25. The highest BCUT2D eigenvalue weighted by molar-refractivity contribution is 9.10. The van der Waals surface area contributed by atoms with Crippen LogP contribution in [-0.2, 0) is 19.6 Å². The molecule has 0 aliphatic heterocycles. The van der Waals surface area contributed by atoms with Crippen LogP contribution in [0.1, 0.15) is 17.3 Å². The lowest BCUT2D eigenvalue weighted by atomic mass is 10.2. The SMILES string of the molecule is CCNS(=O)(=O)c1ccc(C(=O)OCC(=O)Nc2ccc(Br)cc2Cl)cc1. The Bertz CT molecular complexity index is 948. The van der Waals surface area contributed by atoms with Crippen molar-refractivity contribution in [2.75, 3.05) is 18.5 Å². The average molecular weight is 476 g/mol. The molecule has 2 N–H and O–H groups in total. The monoisotopic (exact) mass is 474 g/mol. The van der Waals surface area contributed by atoms with Crippen molar-refractivity contribution >= 4 is 55.1 Å². The third kappa shape index (κ3) is 6.03. The molecule has 2 aromatic rings. The number of benzene rings is 2. The lowest BCUT2D eigenvalue weighted by Crippen LogP contribution is -2.23. The van der Waals surface area contributed by atoms with Gasteiger partial charge in [-0.05, 0) is 42.5 Å². The normalized spacial score (nSPS) is 11.1. The molecule has 0 bridgehead atoms. The summed E-state index contributed by atoms with van der Waals surface area (Å²) in [6, 6.07) is 10.1. The zero-order valence-electron chi connectivity index (χ0n) is 14.2. The van der Waals surface area contributed by atoms with E-state index in [-0.39, 0.29) is 17.0 Å². The van der Waals surface area contributed by atoms with Crippen molar-refractivity contribution < 1.29 is 22.7 Å². The van der Waals surface area contributed by atoms with E-state index in [0.717, 1.165) is 4.47 Å². The van der Waals surface area contributed by atoms with Gasteiger partial charge >= 0.3 is 5.97 Å². The van der Waals surface area contributed by atoms with E-state index >= 15 is 0 Å². The molecule has 0 heterocycles. The summed E-state index contributed by atoms with van der Waals surface area (Å²) in [4.78, 5) is 23.9. The molecular weight excluding hydrogens is 460 g/mol. The fraction of sp³-hybridized carbons (Fsp3) is 0.176. The number of esters is 1. The number of nitrogens with one attached hydrogen (secondary N) is 2. The van der Waals surface area contributed by atoms with Gasteiger partial charge in [0.1, 0.15) is 0 Å². The van der Waals surface area contributed by atoms with Crippen molar-refractivity contribution in [1.82, 2.24) is 4.72 Å². The van der Waals surface area contributed by atoms with Crippen LogP contribution in [0.2, 0.25) is 5.02 Å². The minimum atomic E-state index is -3.60. The van der Waals surface area contributed by atoms with Crippen molar-refractivity contribution in [3.8, 4) is 0 Å². The van der Waals surface area contributed by atoms with Crippen LogP contribution in [0.5, 0.6) is 0 Å². The molecule has 0 radical (unpaired) electrons. The maximum atomic E-state index is 12.0. The Hall–Kier alpha value is -1.94. The van der Waals surface area contributed by atoms with Crippen LogP contribution in [0.15, 0.2) is 51.8 Å². The first-order valence-electron chi connectivity index (χ1n) is 7.74. The fourth-order valence-electron chi connectivity index (χ4n) is 2.04. The Balaban J connectivity index is 1.94. The van der Waals surface area contributed by atoms with Gasteiger partial charge < -0.3 is 10.1 Å². The quantitative estimate of drug-likeness (QED) is 0.599. The number of anilines is 1. The van der Waals surface area contributed by atoms with E-state index in [4.69, 9.17) is 16.3 Å². The number of rotatable bonds is 7. The van der Waals surface area contributed by atoms with Crippen LogP contribution in [0, 0.1) is 0 Å². The first kappa shape index (κ1) is 21.4. The Labute approximate surface area is 170 Å². The van der Waals surface area contributed by atoms with Crippen molar-refractivity contribution in [2.45, 2.75) is 11.8 Å². The van der Waals surface area contributed by atoms with Crippen molar-refractivity contribution in [3.63, 3.8) is 0 Å². The predicted octanol–water partition coefficient (Wildman–Crippen LogP) is 3.20. The fourth-order valence-corrected chi connectivity index (χ4v) is 3.80. The summed E-state index contributed by atoms with van der Waals surface area (Å²) >= 11 is 9.26. The molecule has 0 aliphatic carbocycles. The van der Waals surface area contributed by atoms with Gasteiger partial charge in [0.15, 0.2) is 6.61 Å². The number of hydrogen-bond donors (Lipinski definition) is 2. The zero-order chi connectivity index (χ0) is 20.0. The number of carbonyl (C=O) groups is 2. The summed E-state index contributed by atoms with van der Waals surface area (Å²) in [7, 11) is -3.60. The number of hydrogen-bond acceptors (Lipinski definition) is 5. The smallest absolute Gasteiger partial charge is 0.338 e. The molecule has 0 saturated carbocycles. The van der Waals surface area contributed by atoms with E-state index in [1.54, 1.807) is 25.1 Å². The maximum absolute atomic E-state index is 12.0. The van der Waals surface area contributed by atoms with E-state index in [0.29, 0.717) is 10.7 Å². The zero-order valence-corrected chi connectivity index (χ0v) is 17.3. The molecule has 0 unspecified atom stereocenters. The van der Waals surface area contributed by atoms with Gasteiger partial charge in [-0.3, -0.25) is 4.79 Å². The van der Waals surface area contributed by atoms with Crippen molar-refractivity contribution in [2.24, 2.45) is 0 Å². The van der Waals surface area contributed by atoms with Gasteiger partial charge in [0.25, 0.3) is 5.91 Å². The second kappa shape index (κ2) is 9.32. The second-order valence-electron chi connectivity index (χ2n) is 5.27. The minimum absolute atomic E-state index is 0.0310. The van der Waals surface area contributed by atoms with Gasteiger partial charge in [-0.1, -0.05) is 34.5 Å². The molecule has 0 spiro atoms. The highest BCUT2D eigenvalue weighted by atomic mass is 79.9. The van der Waals surface area contributed by atoms with Crippen LogP contribution < -0.4 is 10.0 Å². The van der Waals surface area contributed by atoms with E-state index in [1.165, 1.54) is 24.3 Å². The lowest BCUT2D eigenvalue weighted by Gasteiger charge is -2.09. The molecule has 2 rings (SSSR count). The van der Waals surface area contributed by atoms with E-state index in [1.807, 2.05) is 0 Å². The number of carbonyl (C=O) groups excluding carboxylic acids is 2. The lowest BCUT2D eigenvalue weighted by molar-refractivity contribution is -0.119. The van der Waals surface area contributed by atoms with E-state index in [2.05, 4.69) is 26.0 Å². The summed E-state index contributed by atoms with van der Waals surface area (Å²) in [5, 5.41) is 2.87. The number of halogens is 2. The van der Waals surface area contributed by atoms with Crippen molar-refractivity contribution in [1.29, 1.82) is 0 Å². The van der Waals surface area contributed by atoms with Gasteiger partial charge in [0.2, 0.25) is 10.0 Å². The third-order valence-electron chi connectivity index (χ3n) is 3.27. The molecule has 0 atom stereocenters. The topological polar surface area (TPSA) is 102 Å². The van der Waals surface area contributed by atoms with Gasteiger partial charge in [-0.15, -0.1) is 0 Å². The molecule has 0 saturated heterocycles. The summed E-state index contributed by atoms with van der Waals surface area (Å²) in [6.07, 6.45) is 0. The van der Waals surface area contributed by atoms with Crippen LogP contribution in [-0.4, -0.2) is 33.4 Å². The maximum Gasteiger partial charge on any atom is 0.338 e. The molecule has 27 heavy (non-hydrogen) atoms. The molecule has 1 amide bonds. The molecular formula is C17H16BrClN2O5S. The summed E-state index contributed by atoms with van der Waals surface area (Å²) in [5.41, 5.74) is 0.513.